The van der Waals surface area contributed by atoms with Crippen molar-refractivity contribution in [3.8, 4) is 0 Å². The summed E-state index contributed by atoms with van der Waals surface area (Å²) in [6.07, 6.45) is -4.99. The maximum absolute atomic E-state index is 11.9. The van der Waals surface area contributed by atoms with E-state index in [9.17, 15) is 26.4 Å². The number of carboxylic acid groups (broad SMARTS) is 1. The standard InChI is InChI=1S/C10H11F3N2O4S/c11-10(12,13)6-14-20(18,19)15-8-3-1-2-7(4-8)5-9(16)17/h1-4,14-15H,5-6H2,(H,16,17). The maximum Gasteiger partial charge on any atom is 0.402 e. The number of halogens is 3. The van der Waals surface area contributed by atoms with Crippen LogP contribution in [-0.2, 0) is 21.4 Å². The number of carbonyl (C=O) groups is 1. The summed E-state index contributed by atoms with van der Waals surface area (Å²) in [5.74, 6) is -1.11. The van der Waals surface area contributed by atoms with Crippen molar-refractivity contribution in [1.29, 1.82) is 0 Å². The Hall–Kier alpha value is -1.81. The Bertz CT molecular complexity index is 586. The molecule has 0 bridgehead atoms. The monoisotopic (exact) mass is 312 g/mol. The van der Waals surface area contributed by atoms with Gasteiger partial charge in [0.05, 0.1) is 12.1 Å². The summed E-state index contributed by atoms with van der Waals surface area (Å²) in [7, 11) is -4.38. The highest BCUT2D eigenvalue weighted by atomic mass is 32.2. The molecule has 0 heterocycles. The first-order chi connectivity index (χ1) is 9.07. The molecule has 1 aromatic rings. The van der Waals surface area contributed by atoms with Gasteiger partial charge in [-0.05, 0) is 17.7 Å². The van der Waals surface area contributed by atoms with Gasteiger partial charge in [-0.1, -0.05) is 12.1 Å². The molecule has 0 aromatic heterocycles. The van der Waals surface area contributed by atoms with Gasteiger partial charge >= 0.3 is 12.1 Å². The quantitative estimate of drug-likeness (QED) is 0.733. The van der Waals surface area contributed by atoms with Crippen LogP contribution in [0.15, 0.2) is 24.3 Å². The van der Waals surface area contributed by atoms with Crippen molar-refractivity contribution in [2.45, 2.75) is 12.6 Å². The lowest BCUT2D eigenvalue weighted by Crippen LogP contribution is -2.37. The number of hydrogen-bond donors (Lipinski definition) is 3. The third-order valence-electron chi connectivity index (χ3n) is 2.00. The first kappa shape index (κ1) is 16.2. The molecule has 6 nitrogen and oxygen atoms in total. The van der Waals surface area contributed by atoms with Crippen LogP contribution in [-0.4, -0.2) is 32.2 Å². The van der Waals surface area contributed by atoms with Crippen LogP contribution in [0.5, 0.6) is 0 Å². The van der Waals surface area contributed by atoms with Crippen LogP contribution < -0.4 is 9.44 Å². The first-order valence-corrected chi connectivity index (χ1v) is 6.71. The molecule has 0 atom stereocenters. The average molecular weight is 312 g/mol. The molecule has 0 spiro atoms. The molecular formula is C10H11F3N2O4S. The molecule has 1 rings (SSSR count). The highest BCUT2D eigenvalue weighted by Gasteiger charge is 2.29. The Labute approximate surface area is 112 Å². The van der Waals surface area contributed by atoms with Gasteiger partial charge in [0.1, 0.15) is 6.54 Å². The maximum atomic E-state index is 11.9. The van der Waals surface area contributed by atoms with Crippen LogP contribution in [0.1, 0.15) is 5.56 Å². The highest BCUT2D eigenvalue weighted by molar-refractivity contribution is 7.90. The van der Waals surface area contributed by atoms with Crippen LogP contribution in [0.3, 0.4) is 0 Å². The van der Waals surface area contributed by atoms with Crippen LogP contribution in [0.25, 0.3) is 0 Å². The molecule has 10 heteroatoms. The Balaban J connectivity index is 2.74. The molecule has 0 aliphatic rings. The van der Waals surface area contributed by atoms with Crippen molar-refractivity contribution >= 4 is 21.9 Å². The van der Waals surface area contributed by atoms with E-state index in [0.717, 1.165) is 0 Å². The molecule has 3 N–H and O–H groups in total. The van der Waals surface area contributed by atoms with E-state index in [1.807, 2.05) is 4.72 Å². The predicted molar refractivity (Wildman–Crippen MR) is 64.4 cm³/mol. The molecule has 0 amide bonds. The van der Waals surface area contributed by atoms with Crippen molar-refractivity contribution in [2.75, 3.05) is 11.3 Å². The van der Waals surface area contributed by atoms with E-state index in [0.29, 0.717) is 5.56 Å². The summed E-state index contributed by atoms with van der Waals surface area (Å²) in [5.41, 5.74) is 0.284. The van der Waals surface area contributed by atoms with E-state index in [4.69, 9.17) is 5.11 Å². The minimum Gasteiger partial charge on any atom is -0.481 e. The van der Waals surface area contributed by atoms with E-state index in [1.165, 1.54) is 29.0 Å². The summed E-state index contributed by atoms with van der Waals surface area (Å²) in [6.45, 7) is -1.70. The van der Waals surface area contributed by atoms with Gasteiger partial charge in [0.15, 0.2) is 0 Å². The van der Waals surface area contributed by atoms with Gasteiger partial charge in [-0.15, -0.1) is 0 Å². The lowest BCUT2D eigenvalue weighted by molar-refractivity contribution is -0.136. The molecule has 0 unspecified atom stereocenters. The zero-order chi connectivity index (χ0) is 15.4. The molecular weight excluding hydrogens is 301 g/mol. The van der Waals surface area contributed by atoms with Gasteiger partial charge in [0.25, 0.3) is 10.2 Å². The molecule has 0 fully saturated rings. The average Bonchev–Trinajstić information content (AvgIpc) is 2.24. The molecule has 0 saturated heterocycles. The Morgan fingerprint density at radius 1 is 1.30 bits per heavy atom. The number of carboxylic acids is 1. The number of anilines is 1. The Morgan fingerprint density at radius 2 is 1.95 bits per heavy atom. The molecule has 0 saturated carbocycles. The summed E-state index contributed by atoms with van der Waals surface area (Å²) < 4.78 is 61.6. The fourth-order valence-electron chi connectivity index (χ4n) is 1.29. The van der Waals surface area contributed by atoms with Crippen LogP contribution in [0.4, 0.5) is 18.9 Å². The second-order valence-electron chi connectivity index (χ2n) is 3.81. The zero-order valence-corrected chi connectivity index (χ0v) is 10.8. The second kappa shape index (κ2) is 6.09. The SMILES string of the molecule is O=C(O)Cc1cccc(NS(=O)(=O)NCC(F)(F)F)c1. The number of benzene rings is 1. The highest BCUT2D eigenvalue weighted by Crippen LogP contribution is 2.15. The van der Waals surface area contributed by atoms with Gasteiger partial charge in [-0.2, -0.15) is 26.3 Å². The van der Waals surface area contributed by atoms with Gasteiger partial charge in [-0.25, -0.2) is 0 Å². The smallest absolute Gasteiger partial charge is 0.402 e. The molecule has 0 aliphatic carbocycles. The lowest BCUT2D eigenvalue weighted by atomic mass is 10.1. The lowest BCUT2D eigenvalue weighted by Gasteiger charge is -2.11. The summed E-state index contributed by atoms with van der Waals surface area (Å²) in [5, 5.41) is 8.59. The van der Waals surface area contributed by atoms with E-state index in [-0.39, 0.29) is 12.1 Å². The van der Waals surface area contributed by atoms with Gasteiger partial charge in [-0.3, -0.25) is 9.52 Å². The number of rotatable bonds is 6. The second-order valence-corrected chi connectivity index (χ2v) is 5.31. The third kappa shape index (κ3) is 6.38. The molecule has 1 aromatic carbocycles. The Morgan fingerprint density at radius 3 is 2.50 bits per heavy atom. The van der Waals surface area contributed by atoms with Gasteiger partial charge in [0, 0.05) is 0 Å². The molecule has 0 aliphatic heterocycles. The van der Waals surface area contributed by atoms with E-state index in [2.05, 4.69) is 0 Å². The summed E-state index contributed by atoms with van der Waals surface area (Å²) in [4.78, 5) is 10.5. The minimum absolute atomic E-state index is 0.0292. The van der Waals surface area contributed by atoms with Crippen molar-refractivity contribution < 1.29 is 31.5 Å². The third-order valence-corrected chi connectivity index (χ3v) is 3.03. The summed E-state index contributed by atoms with van der Waals surface area (Å²) >= 11 is 0. The van der Waals surface area contributed by atoms with Crippen LogP contribution in [0, 0.1) is 0 Å². The first-order valence-electron chi connectivity index (χ1n) is 5.22. The van der Waals surface area contributed by atoms with Crippen molar-refractivity contribution in [2.24, 2.45) is 0 Å². The predicted octanol–water partition coefficient (Wildman–Crippen LogP) is 1.12. The normalized spacial score (nSPS) is 12.2. The number of alkyl halides is 3. The summed E-state index contributed by atoms with van der Waals surface area (Å²) in [6, 6.07) is 5.36. The van der Waals surface area contributed by atoms with Crippen LogP contribution >= 0.6 is 0 Å². The van der Waals surface area contributed by atoms with Crippen molar-refractivity contribution in [1.82, 2.24) is 4.72 Å². The fourth-order valence-corrected chi connectivity index (χ4v) is 2.15. The van der Waals surface area contributed by atoms with Crippen LogP contribution in [0.2, 0.25) is 0 Å². The molecule has 0 radical (unpaired) electrons. The number of hydrogen-bond acceptors (Lipinski definition) is 3. The van der Waals surface area contributed by atoms with E-state index >= 15 is 0 Å². The van der Waals surface area contributed by atoms with E-state index in [1.54, 1.807) is 0 Å². The zero-order valence-electron chi connectivity index (χ0n) is 9.94. The number of aliphatic carboxylic acids is 1. The fraction of sp³-hybridized carbons (Fsp3) is 0.300. The molecule has 112 valence electrons. The largest absolute Gasteiger partial charge is 0.481 e. The van der Waals surface area contributed by atoms with Gasteiger partial charge < -0.3 is 5.11 Å². The topological polar surface area (TPSA) is 95.5 Å². The number of nitrogens with one attached hydrogen (secondary N) is 2. The van der Waals surface area contributed by atoms with Crippen molar-refractivity contribution in [3.63, 3.8) is 0 Å². The van der Waals surface area contributed by atoms with Gasteiger partial charge in [0.2, 0.25) is 0 Å². The van der Waals surface area contributed by atoms with E-state index < -0.39 is 28.9 Å². The van der Waals surface area contributed by atoms with Crippen molar-refractivity contribution in [3.05, 3.63) is 29.8 Å². The molecule has 20 heavy (non-hydrogen) atoms. The minimum atomic E-state index is -4.67. The Kier molecular flexibility index (Phi) is 4.95.